The van der Waals surface area contributed by atoms with Crippen LogP contribution in [0.2, 0.25) is 0 Å². The van der Waals surface area contributed by atoms with E-state index < -0.39 is 0 Å². The fraction of sp³-hybridized carbons (Fsp3) is 0.500. The summed E-state index contributed by atoms with van der Waals surface area (Å²) in [6, 6.07) is 8.23. The number of thioether (sulfide) groups is 1. The first-order valence-electron chi connectivity index (χ1n) is 6.40. The van der Waals surface area contributed by atoms with E-state index in [1.165, 1.54) is 30.2 Å². The number of benzene rings is 1. The molecule has 0 fully saturated rings. The van der Waals surface area contributed by atoms with Gasteiger partial charge in [0.05, 0.1) is 0 Å². The normalized spacial score (nSPS) is 12.2. The Balaban J connectivity index is 2.45. The first-order valence-corrected chi connectivity index (χ1v) is 9.25. The minimum Gasteiger partial charge on any atom is -0.346 e. The predicted molar refractivity (Wildman–Crippen MR) is 90.8 cm³/mol. The molecule has 0 saturated heterocycles. The molecule has 106 valence electrons. The van der Waals surface area contributed by atoms with E-state index in [1.54, 1.807) is 0 Å². The van der Waals surface area contributed by atoms with Crippen molar-refractivity contribution in [3.8, 4) is 0 Å². The molecule has 5 heteroatoms. The van der Waals surface area contributed by atoms with Crippen LogP contribution in [0, 0.1) is 0 Å². The van der Waals surface area contributed by atoms with E-state index in [4.69, 9.17) is 0 Å². The molecule has 1 rings (SSSR count). The van der Waals surface area contributed by atoms with Crippen LogP contribution in [0.1, 0.15) is 25.3 Å². The number of hydrogen-bond donors (Lipinski definition) is 1. The van der Waals surface area contributed by atoms with Crippen molar-refractivity contribution in [2.75, 3.05) is 11.9 Å². The molecule has 19 heavy (non-hydrogen) atoms. The Morgan fingerprint density at radius 1 is 1.47 bits per heavy atom. The third-order valence-electron chi connectivity index (χ3n) is 2.56. The highest BCUT2D eigenvalue weighted by molar-refractivity contribution is 9.12. The first kappa shape index (κ1) is 17.1. The van der Waals surface area contributed by atoms with Gasteiger partial charge in [-0.05, 0) is 42.3 Å². The van der Waals surface area contributed by atoms with Crippen molar-refractivity contribution < 1.29 is 4.79 Å². The number of carbonyl (C=O) groups excluding carboxylic acids is 1. The molecular formula is C14H19Br2NOS. The summed E-state index contributed by atoms with van der Waals surface area (Å²) < 4.78 is 0. The molecule has 0 aliphatic carbocycles. The van der Waals surface area contributed by atoms with Gasteiger partial charge < -0.3 is 5.32 Å². The molecule has 0 bridgehead atoms. The van der Waals surface area contributed by atoms with E-state index in [2.05, 4.69) is 56.2 Å². The van der Waals surface area contributed by atoms with Gasteiger partial charge in [-0.2, -0.15) is 0 Å². The maximum absolute atomic E-state index is 11.8. The quantitative estimate of drug-likeness (QED) is 0.508. The minimum atomic E-state index is -0.00181. The van der Waals surface area contributed by atoms with Crippen LogP contribution in [-0.2, 0) is 6.42 Å². The van der Waals surface area contributed by atoms with E-state index in [0.29, 0.717) is 6.54 Å². The molecule has 1 amide bonds. The van der Waals surface area contributed by atoms with Crippen LogP contribution in [0.25, 0.3) is 0 Å². The number of amides is 1. The van der Waals surface area contributed by atoms with Crippen molar-refractivity contribution in [2.45, 2.75) is 35.9 Å². The molecular weight excluding hydrogens is 390 g/mol. The average Bonchev–Trinajstić information content (AvgIpc) is 2.43. The average molecular weight is 409 g/mol. The van der Waals surface area contributed by atoms with Gasteiger partial charge in [0.2, 0.25) is 0 Å². The third kappa shape index (κ3) is 7.37. The second-order valence-electron chi connectivity index (χ2n) is 4.27. The molecule has 0 aliphatic heterocycles. The SMILES string of the molecule is CCCCc1cccc(SC(=O)NCC(Br)CBr)c1. The molecule has 0 saturated carbocycles. The Kier molecular flexibility index (Phi) is 8.83. The largest absolute Gasteiger partial charge is 0.346 e. The van der Waals surface area contributed by atoms with Gasteiger partial charge in [-0.3, -0.25) is 4.79 Å². The highest BCUT2D eigenvalue weighted by Crippen LogP contribution is 2.20. The van der Waals surface area contributed by atoms with Gasteiger partial charge in [-0.1, -0.05) is 57.3 Å². The summed E-state index contributed by atoms with van der Waals surface area (Å²) in [4.78, 5) is 13.1. The van der Waals surface area contributed by atoms with Crippen LogP contribution in [0.4, 0.5) is 4.79 Å². The van der Waals surface area contributed by atoms with Crippen molar-refractivity contribution in [3.05, 3.63) is 29.8 Å². The van der Waals surface area contributed by atoms with Crippen LogP contribution in [0.3, 0.4) is 0 Å². The van der Waals surface area contributed by atoms with E-state index in [1.807, 2.05) is 12.1 Å². The van der Waals surface area contributed by atoms with Crippen molar-refractivity contribution in [2.24, 2.45) is 0 Å². The molecule has 2 nitrogen and oxygen atoms in total. The Bertz CT molecular complexity index is 401. The predicted octanol–water partition coefficient (Wildman–Crippen LogP) is 4.99. The summed E-state index contributed by atoms with van der Waals surface area (Å²) in [6.07, 6.45) is 3.47. The lowest BCUT2D eigenvalue weighted by atomic mass is 10.1. The third-order valence-corrected chi connectivity index (χ3v) is 5.68. The lowest BCUT2D eigenvalue weighted by Crippen LogP contribution is -2.26. The standard InChI is InChI=1S/C14H19Br2NOS/c1-2-3-5-11-6-4-7-13(8-11)19-14(18)17-10-12(16)9-15/h4,6-8,12H,2-3,5,9-10H2,1H3,(H,17,18). The smallest absolute Gasteiger partial charge is 0.283 e. The van der Waals surface area contributed by atoms with E-state index >= 15 is 0 Å². The summed E-state index contributed by atoms with van der Waals surface area (Å²) in [5.74, 6) is 0. The molecule has 1 unspecified atom stereocenters. The molecule has 1 N–H and O–H groups in total. The number of unbranched alkanes of at least 4 members (excludes halogenated alkanes) is 1. The molecule has 0 spiro atoms. The zero-order valence-electron chi connectivity index (χ0n) is 11.0. The van der Waals surface area contributed by atoms with Crippen molar-refractivity contribution >= 4 is 48.9 Å². The number of aryl methyl sites for hydroxylation is 1. The second-order valence-corrected chi connectivity index (χ2v) is 7.26. The zero-order valence-corrected chi connectivity index (χ0v) is 15.0. The van der Waals surface area contributed by atoms with Gasteiger partial charge in [-0.25, -0.2) is 0 Å². The molecule has 0 aliphatic rings. The van der Waals surface area contributed by atoms with E-state index in [0.717, 1.165) is 16.6 Å². The van der Waals surface area contributed by atoms with Crippen LogP contribution < -0.4 is 5.32 Å². The van der Waals surface area contributed by atoms with Gasteiger partial charge >= 0.3 is 0 Å². The van der Waals surface area contributed by atoms with Crippen LogP contribution in [0.5, 0.6) is 0 Å². The number of hydrogen-bond acceptors (Lipinski definition) is 2. The van der Waals surface area contributed by atoms with Gasteiger partial charge in [0.15, 0.2) is 0 Å². The Morgan fingerprint density at radius 2 is 2.26 bits per heavy atom. The van der Waals surface area contributed by atoms with Crippen LogP contribution in [0.15, 0.2) is 29.2 Å². The van der Waals surface area contributed by atoms with E-state index in [-0.39, 0.29) is 10.1 Å². The number of carbonyl (C=O) groups is 1. The Labute approximate surface area is 136 Å². The van der Waals surface area contributed by atoms with Crippen molar-refractivity contribution in [1.29, 1.82) is 0 Å². The highest BCUT2D eigenvalue weighted by atomic mass is 79.9. The Hall–Kier alpha value is -0.000000000000000111. The van der Waals surface area contributed by atoms with Gasteiger partial charge in [0.1, 0.15) is 0 Å². The van der Waals surface area contributed by atoms with Crippen molar-refractivity contribution in [3.63, 3.8) is 0 Å². The maximum atomic E-state index is 11.8. The van der Waals surface area contributed by atoms with Crippen LogP contribution in [-0.4, -0.2) is 21.9 Å². The Morgan fingerprint density at radius 3 is 2.95 bits per heavy atom. The summed E-state index contributed by atoms with van der Waals surface area (Å²) in [5.41, 5.74) is 1.30. The summed E-state index contributed by atoms with van der Waals surface area (Å²) in [5, 5.41) is 3.71. The van der Waals surface area contributed by atoms with Gasteiger partial charge in [0.25, 0.3) is 5.24 Å². The molecule has 0 radical (unpaired) electrons. The summed E-state index contributed by atoms with van der Waals surface area (Å²) in [6.45, 7) is 2.82. The minimum absolute atomic E-state index is 0.00181. The summed E-state index contributed by atoms with van der Waals surface area (Å²) >= 11 is 8.08. The fourth-order valence-corrected chi connectivity index (χ4v) is 2.65. The van der Waals surface area contributed by atoms with Crippen LogP contribution >= 0.6 is 43.6 Å². The van der Waals surface area contributed by atoms with Gasteiger partial charge in [-0.15, -0.1) is 0 Å². The number of halogens is 2. The lowest BCUT2D eigenvalue weighted by molar-refractivity contribution is 0.261. The fourth-order valence-electron chi connectivity index (χ4n) is 1.54. The maximum Gasteiger partial charge on any atom is 0.283 e. The topological polar surface area (TPSA) is 29.1 Å². The van der Waals surface area contributed by atoms with Gasteiger partial charge in [0, 0.05) is 21.6 Å². The second kappa shape index (κ2) is 9.83. The molecule has 1 atom stereocenters. The molecule has 1 aromatic carbocycles. The number of rotatable bonds is 7. The lowest BCUT2D eigenvalue weighted by Gasteiger charge is -2.08. The highest BCUT2D eigenvalue weighted by Gasteiger charge is 2.07. The number of nitrogens with one attached hydrogen (secondary N) is 1. The monoisotopic (exact) mass is 407 g/mol. The molecule has 1 aromatic rings. The first-order chi connectivity index (χ1) is 9.15. The number of alkyl halides is 2. The molecule has 0 aromatic heterocycles. The summed E-state index contributed by atoms with van der Waals surface area (Å²) in [7, 11) is 0. The van der Waals surface area contributed by atoms with E-state index in [9.17, 15) is 4.79 Å². The molecule has 0 heterocycles. The van der Waals surface area contributed by atoms with Crippen molar-refractivity contribution in [1.82, 2.24) is 5.32 Å². The zero-order chi connectivity index (χ0) is 14.1.